The molecule has 166 valence electrons. The Morgan fingerprint density at radius 3 is 2.23 bits per heavy atom. The van der Waals surface area contributed by atoms with Crippen molar-refractivity contribution in [3.05, 3.63) is 59.2 Å². The van der Waals surface area contributed by atoms with Crippen LogP contribution in [-0.2, 0) is 9.59 Å². The zero-order valence-corrected chi connectivity index (χ0v) is 18.4. The highest BCUT2D eigenvalue weighted by Crippen LogP contribution is 2.28. The van der Waals surface area contributed by atoms with E-state index < -0.39 is 17.9 Å². The minimum Gasteiger partial charge on any atom is -0.493 e. The summed E-state index contributed by atoms with van der Waals surface area (Å²) in [6, 6.07) is 11.8. The third-order valence-electron chi connectivity index (χ3n) is 4.35. The minimum atomic E-state index is -0.512. The van der Waals surface area contributed by atoms with Crippen molar-refractivity contribution in [2.75, 3.05) is 7.11 Å². The second-order valence-electron chi connectivity index (χ2n) is 7.40. The highest BCUT2D eigenvalue weighted by molar-refractivity contribution is 5.96. The molecule has 0 aromatic heterocycles. The number of benzene rings is 2. The van der Waals surface area contributed by atoms with Crippen LogP contribution in [0, 0.1) is 6.92 Å². The molecular weight excluding hydrogens is 398 g/mol. The molecule has 2 aromatic carbocycles. The molecule has 31 heavy (non-hydrogen) atoms. The summed E-state index contributed by atoms with van der Waals surface area (Å²) in [5, 5.41) is 2.76. The normalized spacial score (nSPS) is 11.4. The van der Waals surface area contributed by atoms with Gasteiger partial charge in [0, 0.05) is 12.5 Å². The Kier molecular flexibility index (Phi) is 8.43. The van der Waals surface area contributed by atoms with E-state index in [-0.39, 0.29) is 18.4 Å². The molecule has 3 N–H and O–H groups in total. The van der Waals surface area contributed by atoms with E-state index in [9.17, 15) is 14.4 Å². The summed E-state index contributed by atoms with van der Waals surface area (Å²) in [6.07, 6.45) is -0.0779. The lowest BCUT2D eigenvalue weighted by molar-refractivity contribution is -0.123. The van der Waals surface area contributed by atoms with Crippen molar-refractivity contribution >= 4 is 17.7 Å². The van der Waals surface area contributed by atoms with Crippen LogP contribution in [0.25, 0.3) is 0 Å². The number of amides is 3. The van der Waals surface area contributed by atoms with Crippen molar-refractivity contribution in [1.82, 2.24) is 16.2 Å². The summed E-state index contributed by atoms with van der Waals surface area (Å²) in [5.74, 6) is -0.265. The van der Waals surface area contributed by atoms with Crippen molar-refractivity contribution in [3.8, 4) is 11.5 Å². The molecule has 0 saturated heterocycles. The number of carbonyl (C=O) groups excluding carboxylic acids is 3. The quantitative estimate of drug-likeness (QED) is 0.562. The lowest BCUT2D eigenvalue weighted by Gasteiger charge is -2.18. The lowest BCUT2D eigenvalue weighted by atomic mass is 10.0. The van der Waals surface area contributed by atoms with Crippen LogP contribution in [0.4, 0.5) is 0 Å². The lowest BCUT2D eigenvalue weighted by Crippen LogP contribution is -2.43. The third kappa shape index (κ3) is 7.33. The SMILES string of the molecule is COc1cc(C(=O)NNC(=O)CC(NC(C)=O)c2ccc(C)cc2)ccc1OC(C)C. The van der Waals surface area contributed by atoms with Crippen LogP contribution in [0.3, 0.4) is 0 Å². The van der Waals surface area contributed by atoms with Crippen molar-refractivity contribution in [1.29, 1.82) is 0 Å². The fraction of sp³-hybridized carbons (Fsp3) is 0.348. The van der Waals surface area contributed by atoms with E-state index in [1.54, 1.807) is 12.1 Å². The van der Waals surface area contributed by atoms with Crippen molar-refractivity contribution in [2.24, 2.45) is 0 Å². The van der Waals surface area contributed by atoms with E-state index >= 15 is 0 Å². The molecule has 0 aliphatic carbocycles. The third-order valence-corrected chi connectivity index (χ3v) is 4.35. The highest BCUT2D eigenvalue weighted by Gasteiger charge is 2.18. The Morgan fingerprint density at radius 2 is 1.65 bits per heavy atom. The molecule has 0 aliphatic heterocycles. The largest absolute Gasteiger partial charge is 0.493 e. The molecule has 0 spiro atoms. The number of hydrogen-bond donors (Lipinski definition) is 3. The van der Waals surface area contributed by atoms with Gasteiger partial charge in [0.2, 0.25) is 11.8 Å². The molecule has 0 aliphatic rings. The van der Waals surface area contributed by atoms with Gasteiger partial charge < -0.3 is 14.8 Å². The molecule has 1 unspecified atom stereocenters. The number of carbonyl (C=O) groups is 3. The summed E-state index contributed by atoms with van der Waals surface area (Å²) >= 11 is 0. The van der Waals surface area contributed by atoms with E-state index in [0.717, 1.165) is 11.1 Å². The molecule has 0 heterocycles. The maximum atomic E-state index is 12.4. The monoisotopic (exact) mass is 427 g/mol. The van der Waals surface area contributed by atoms with Crippen LogP contribution in [0.15, 0.2) is 42.5 Å². The van der Waals surface area contributed by atoms with Gasteiger partial charge in [-0.1, -0.05) is 29.8 Å². The number of ether oxygens (including phenoxy) is 2. The molecule has 2 rings (SSSR count). The van der Waals surface area contributed by atoms with Gasteiger partial charge in [-0.15, -0.1) is 0 Å². The van der Waals surface area contributed by atoms with Gasteiger partial charge in [0.15, 0.2) is 11.5 Å². The van der Waals surface area contributed by atoms with Crippen molar-refractivity contribution in [2.45, 2.75) is 46.3 Å². The fourth-order valence-electron chi connectivity index (χ4n) is 2.89. The molecule has 3 amide bonds. The Labute approximate surface area is 182 Å². The van der Waals surface area contributed by atoms with Crippen molar-refractivity contribution < 1.29 is 23.9 Å². The Morgan fingerprint density at radius 1 is 0.968 bits per heavy atom. The molecular formula is C23H29N3O5. The summed E-state index contributed by atoms with van der Waals surface area (Å²) in [7, 11) is 1.49. The van der Waals surface area contributed by atoms with Gasteiger partial charge in [0.05, 0.1) is 25.7 Å². The summed E-state index contributed by atoms with van der Waals surface area (Å²) in [4.78, 5) is 36.4. The van der Waals surface area contributed by atoms with Crippen LogP contribution in [0.5, 0.6) is 11.5 Å². The number of hydrogen-bond acceptors (Lipinski definition) is 5. The Hall–Kier alpha value is -3.55. The first-order valence-electron chi connectivity index (χ1n) is 9.97. The van der Waals surface area contributed by atoms with Crippen LogP contribution >= 0.6 is 0 Å². The highest BCUT2D eigenvalue weighted by atomic mass is 16.5. The van der Waals surface area contributed by atoms with Gasteiger partial charge in [-0.2, -0.15) is 0 Å². The van der Waals surface area contributed by atoms with Gasteiger partial charge in [-0.05, 0) is 44.5 Å². The van der Waals surface area contributed by atoms with E-state index in [0.29, 0.717) is 17.1 Å². The first-order chi connectivity index (χ1) is 14.7. The average Bonchev–Trinajstić information content (AvgIpc) is 2.71. The van der Waals surface area contributed by atoms with E-state index in [2.05, 4.69) is 16.2 Å². The van der Waals surface area contributed by atoms with E-state index in [1.165, 1.54) is 20.1 Å². The van der Waals surface area contributed by atoms with Gasteiger partial charge in [0.1, 0.15) is 0 Å². The maximum absolute atomic E-state index is 12.4. The van der Waals surface area contributed by atoms with Gasteiger partial charge in [-0.25, -0.2) is 0 Å². The average molecular weight is 428 g/mol. The molecule has 0 fully saturated rings. The molecule has 8 nitrogen and oxygen atoms in total. The second kappa shape index (κ2) is 11.0. The molecule has 0 radical (unpaired) electrons. The topological polar surface area (TPSA) is 106 Å². The number of methoxy groups -OCH3 is 1. The van der Waals surface area contributed by atoms with E-state index in [4.69, 9.17) is 9.47 Å². The Bertz CT molecular complexity index is 925. The number of hydrazine groups is 1. The van der Waals surface area contributed by atoms with Crippen LogP contribution in [0.1, 0.15) is 54.7 Å². The Balaban J connectivity index is 2.00. The first kappa shape index (κ1) is 23.7. The number of rotatable bonds is 8. The van der Waals surface area contributed by atoms with Gasteiger partial charge in [-0.3, -0.25) is 25.2 Å². The smallest absolute Gasteiger partial charge is 0.269 e. The fourth-order valence-corrected chi connectivity index (χ4v) is 2.89. The zero-order chi connectivity index (χ0) is 23.0. The summed E-state index contributed by atoms with van der Waals surface area (Å²) in [6.45, 7) is 7.12. The predicted octanol–water partition coefficient (Wildman–Crippen LogP) is 2.82. The second-order valence-corrected chi connectivity index (χ2v) is 7.40. The van der Waals surface area contributed by atoms with Gasteiger partial charge >= 0.3 is 0 Å². The molecule has 0 saturated carbocycles. The number of nitrogens with one attached hydrogen (secondary N) is 3. The molecule has 8 heteroatoms. The van der Waals surface area contributed by atoms with Gasteiger partial charge in [0.25, 0.3) is 5.91 Å². The summed E-state index contributed by atoms with van der Waals surface area (Å²) < 4.78 is 10.9. The zero-order valence-electron chi connectivity index (χ0n) is 18.4. The van der Waals surface area contributed by atoms with Crippen LogP contribution in [0.2, 0.25) is 0 Å². The minimum absolute atomic E-state index is 0.0343. The van der Waals surface area contributed by atoms with Crippen LogP contribution < -0.4 is 25.6 Å². The summed E-state index contributed by atoms with van der Waals surface area (Å²) in [5.41, 5.74) is 6.94. The number of aryl methyl sites for hydroxylation is 1. The standard InChI is InChI=1S/C23H29N3O5/c1-14(2)31-20-11-10-18(12-21(20)30-5)23(29)26-25-22(28)13-19(24-16(4)27)17-8-6-15(3)7-9-17/h6-12,14,19H,13H2,1-5H3,(H,24,27)(H,25,28)(H,26,29). The van der Waals surface area contributed by atoms with E-state index in [1.807, 2.05) is 45.0 Å². The predicted molar refractivity (Wildman–Crippen MR) is 117 cm³/mol. The maximum Gasteiger partial charge on any atom is 0.269 e. The molecule has 2 aromatic rings. The van der Waals surface area contributed by atoms with Crippen molar-refractivity contribution in [3.63, 3.8) is 0 Å². The first-order valence-corrected chi connectivity index (χ1v) is 9.97. The molecule has 0 bridgehead atoms. The van der Waals surface area contributed by atoms with Crippen LogP contribution in [-0.4, -0.2) is 30.9 Å². The molecule has 1 atom stereocenters.